The molecule has 26 heavy (non-hydrogen) atoms. The molecule has 1 aromatic heterocycles. The van der Waals surface area contributed by atoms with E-state index in [0.717, 1.165) is 57.7 Å². The molecule has 0 bridgehead atoms. The van der Waals surface area contributed by atoms with Crippen LogP contribution in [0, 0.1) is 5.92 Å². The van der Waals surface area contributed by atoms with Crippen LogP contribution in [-0.2, 0) is 11.3 Å². The Morgan fingerprint density at radius 3 is 2.77 bits per heavy atom. The highest BCUT2D eigenvalue weighted by Crippen LogP contribution is 2.24. The Hall–Kier alpha value is -1.04. The first-order chi connectivity index (χ1) is 12.6. The third-order valence-corrected chi connectivity index (χ3v) is 6.14. The van der Waals surface area contributed by atoms with Gasteiger partial charge in [0.15, 0.2) is 5.22 Å². The SMILES string of the molecule is CCN1CCC[C@@H]1CNC(=O)CCC1CCN(Cc2ccc(Cl)o2)CC1. The molecule has 2 aliphatic heterocycles. The summed E-state index contributed by atoms with van der Waals surface area (Å²) < 4.78 is 5.44. The van der Waals surface area contributed by atoms with Crippen LogP contribution < -0.4 is 5.32 Å². The Morgan fingerprint density at radius 2 is 2.08 bits per heavy atom. The van der Waals surface area contributed by atoms with Crippen LogP contribution in [0.5, 0.6) is 0 Å². The summed E-state index contributed by atoms with van der Waals surface area (Å²) in [6.07, 6.45) is 6.47. The van der Waals surface area contributed by atoms with Crippen molar-refractivity contribution >= 4 is 17.5 Å². The van der Waals surface area contributed by atoms with Crippen LogP contribution in [0.15, 0.2) is 16.5 Å². The van der Waals surface area contributed by atoms with Crippen molar-refractivity contribution in [2.75, 3.05) is 32.7 Å². The van der Waals surface area contributed by atoms with Crippen molar-refractivity contribution in [3.8, 4) is 0 Å². The maximum Gasteiger partial charge on any atom is 0.220 e. The highest BCUT2D eigenvalue weighted by molar-refractivity contribution is 6.28. The number of hydrogen-bond acceptors (Lipinski definition) is 4. The molecular weight excluding hydrogens is 350 g/mol. The second-order valence-electron chi connectivity index (χ2n) is 7.69. The standard InChI is InChI=1S/C20H32ClN3O2/c1-2-24-11-3-4-17(24)14-22-20(25)8-5-16-9-12-23(13-10-16)15-18-6-7-19(21)26-18/h6-7,16-17H,2-5,8-15H2,1H3,(H,22,25)/t17-/m1/s1. The van der Waals surface area contributed by atoms with Gasteiger partial charge in [-0.2, -0.15) is 0 Å². The van der Waals surface area contributed by atoms with E-state index in [1.54, 1.807) is 6.07 Å². The average Bonchev–Trinajstić information content (AvgIpc) is 3.27. The van der Waals surface area contributed by atoms with Gasteiger partial charge in [0, 0.05) is 19.0 Å². The van der Waals surface area contributed by atoms with E-state index in [2.05, 4.69) is 22.0 Å². The van der Waals surface area contributed by atoms with Gasteiger partial charge in [-0.05, 0) is 87.9 Å². The van der Waals surface area contributed by atoms with Crippen LogP contribution >= 0.6 is 11.6 Å². The summed E-state index contributed by atoms with van der Waals surface area (Å²) in [5.74, 6) is 1.82. The molecule has 1 aromatic rings. The zero-order chi connectivity index (χ0) is 18.4. The molecule has 5 nitrogen and oxygen atoms in total. The number of rotatable bonds is 8. The monoisotopic (exact) mass is 381 g/mol. The maximum atomic E-state index is 12.2. The average molecular weight is 382 g/mol. The molecule has 1 amide bonds. The summed E-state index contributed by atoms with van der Waals surface area (Å²) in [5.41, 5.74) is 0. The molecule has 3 rings (SSSR count). The van der Waals surface area contributed by atoms with Crippen molar-refractivity contribution in [1.82, 2.24) is 15.1 Å². The number of amides is 1. The van der Waals surface area contributed by atoms with Gasteiger partial charge >= 0.3 is 0 Å². The quantitative estimate of drug-likeness (QED) is 0.748. The van der Waals surface area contributed by atoms with Gasteiger partial charge in [0.05, 0.1) is 6.54 Å². The van der Waals surface area contributed by atoms with E-state index in [4.69, 9.17) is 16.0 Å². The normalized spacial score (nSPS) is 22.8. The van der Waals surface area contributed by atoms with Gasteiger partial charge in [-0.3, -0.25) is 14.6 Å². The molecular formula is C20H32ClN3O2. The zero-order valence-corrected chi connectivity index (χ0v) is 16.6. The molecule has 1 N–H and O–H groups in total. The van der Waals surface area contributed by atoms with Gasteiger partial charge in [-0.15, -0.1) is 0 Å². The van der Waals surface area contributed by atoms with E-state index in [1.165, 1.54) is 19.4 Å². The molecule has 6 heteroatoms. The molecule has 0 unspecified atom stereocenters. The minimum Gasteiger partial charge on any atom is -0.448 e. The Bertz CT molecular complexity index is 569. The minimum atomic E-state index is 0.223. The Labute approximate surface area is 162 Å². The highest BCUT2D eigenvalue weighted by Gasteiger charge is 2.24. The smallest absolute Gasteiger partial charge is 0.220 e. The number of hydrogen-bond donors (Lipinski definition) is 1. The lowest BCUT2D eigenvalue weighted by Gasteiger charge is -2.31. The summed E-state index contributed by atoms with van der Waals surface area (Å²) in [7, 11) is 0. The van der Waals surface area contributed by atoms with E-state index in [0.29, 0.717) is 23.6 Å². The number of halogens is 1. The van der Waals surface area contributed by atoms with Crippen molar-refractivity contribution < 1.29 is 9.21 Å². The predicted molar refractivity (Wildman–Crippen MR) is 104 cm³/mol. The van der Waals surface area contributed by atoms with Crippen molar-refractivity contribution in [2.45, 2.75) is 58.0 Å². The van der Waals surface area contributed by atoms with E-state index in [-0.39, 0.29) is 5.91 Å². The highest BCUT2D eigenvalue weighted by atomic mass is 35.5. The largest absolute Gasteiger partial charge is 0.448 e. The number of likely N-dealkylation sites (N-methyl/N-ethyl adjacent to an activating group) is 1. The van der Waals surface area contributed by atoms with Gasteiger partial charge in [-0.25, -0.2) is 0 Å². The first-order valence-corrected chi connectivity index (χ1v) is 10.5. The van der Waals surface area contributed by atoms with E-state index in [1.807, 2.05) is 6.07 Å². The van der Waals surface area contributed by atoms with Crippen LogP contribution in [0.4, 0.5) is 0 Å². The zero-order valence-electron chi connectivity index (χ0n) is 15.9. The third-order valence-electron chi connectivity index (χ3n) is 5.94. The number of piperidine rings is 1. The fourth-order valence-electron chi connectivity index (χ4n) is 4.29. The lowest BCUT2D eigenvalue weighted by molar-refractivity contribution is -0.121. The van der Waals surface area contributed by atoms with E-state index < -0.39 is 0 Å². The molecule has 3 heterocycles. The molecule has 0 radical (unpaired) electrons. The van der Waals surface area contributed by atoms with E-state index >= 15 is 0 Å². The first kappa shape index (κ1) is 19.7. The lowest BCUT2D eigenvalue weighted by Crippen LogP contribution is -2.40. The number of carbonyl (C=O) groups is 1. The number of nitrogens with one attached hydrogen (secondary N) is 1. The number of furan rings is 1. The number of likely N-dealkylation sites (tertiary alicyclic amines) is 2. The molecule has 2 aliphatic rings. The van der Waals surface area contributed by atoms with Gasteiger partial charge < -0.3 is 9.73 Å². The molecule has 146 valence electrons. The number of carbonyl (C=O) groups excluding carboxylic acids is 1. The van der Waals surface area contributed by atoms with Crippen LogP contribution in [0.25, 0.3) is 0 Å². The fraction of sp³-hybridized carbons (Fsp3) is 0.750. The van der Waals surface area contributed by atoms with Crippen LogP contribution in [0.3, 0.4) is 0 Å². The Kier molecular flexibility index (Phi) is 7.41. The van der Waals surface area contributed by atoms with Crippen LogP contribution in [0.2, 0.25) is 5.22 Å². The topological polar surface area (TPSA) is 48.7 Å². The second kappa shape index (κ2) is 9.77. The fourth-order valence-corrected chi connectivity index (χ4v) is 4.45. The van der Waals surface area contributed by atoms with Crippen molar-refractivity contribution in [2.24, 2.45) is 5.92 Å². The molecule has 2 saturated heterocycles. The van der Waals surface area contributed by atoms with Crippen LogP contribution in [-0.4, -0.2) is 54.5 Å². The summed E-state index contributed by atoms with van der Waals surface area (Å²) in [6.45, 7) is 8.25. The Balaban J connectivity index is 1.29. The van der Waals surface area contributed by atoms with E-state index in [9.17, 15) is 4.79 Å². The number of nitrogens with zero attached hydrogens (tertiary/aromatic N) is 2. The minimum absolute atomic E-state index is 0.223. The molecule has 0 spiro atoms. The van der Waals surface area contributed by atoms with Crippen molar-refractivity contribution in [3.63, 3.8) is 0 Å². The van der Waals surface area contributed by atoms with Crippen molar-refractivity contribution in [3.05, 3.63) is 23.1 Å². The maximum absolute atomic E-state index is 12.2. The lowest BCUT2D eigenvalue weighted by atomic mass is 9.92. The molecule has 0 aliphatic carbocycles. The summed E-state index contributed by atoms with van der Waals surface area (Å²) in [5, 5.41) is 3.62. The van der Waals surface area contributed by atoms with Gasteiger partial charge in [0.25, 0.3) is 0 Å². The molecule has 1 atom stereocenters. The summed E-state index contributed by atoms with van der Waals surface area (Å²) in [4.78, 5) is 17.1. The summed E-state index contributed by atoms with van der Waals surface area (Å²) >= 11 is 5.83. The second-order valence-corrected chi connectivity index (χ2v) is 8.07. The predicted octanol–water partition coefficient (Wildman–Crippen LogP) is 3.53. The first-order valence-electron chi connectivity index (χ1n) is 10.1. The Morgan fingerprint density at radius 1 is 1.27 bits per heavy atom. The molecule has 0 saturated carbocycles. The third kappa shape index (κ3) is 5.73. The molecule has 0 aromatic carbocycles. The van der Waals surface area contributed by atoms with Gasteiger partial charge in [0.1, 0.15) is 5.76 Å². The summed E-state index contributed by atoms with van der Waals surface area (Å²) in [6, 6.07) is 4.29. The van der Waals surface area contributed by atoms with Gasteiger partial charge in [0.2, 0.25) is 5.91 Å². The molecule has 2 fully saturated rings. The van der Waals surface area contributed by atoms with Gasteiger partial charge in [-0.1, -0.05) is 6.92 Å². The van der Waals surface area contributed by atoms with Crippen molar-refractivity contribution in [1.29, 1.82) is 0 Å². The van der Waals surface area contributed by atoms with Crippen LogP contribution in [0.1, 0.15) is 51.2 Å².